The lowest BCUT2D eigenvalue weighted by Crippen LogP contribution is -2.44. The molecule has 2 saturated heterocycles. The van der Waals surface area contributed by atoms with Crippen molar-refractivity contribution in [2.24, 2.45) is 5.41 Å². The van der Waals surface area contributed by atoms with Crippen molar-refractivity contribution in [1.29, 1.82) is 0 Å². The molecule has 2 aromatic rings. The molecule has 2 amide bonds. The topological polar surface area (TPSA) is 82.2 Å². The molecule has 4 rings (SSSR count). The summed E-state index contributed by atoms with van der Waals surface area (Å²) in [5, 5.41) is 6.38. The van der Waals surface area contributed by atoms with Gasteiger partial charge in [-0.2, -0.15) is 5.10 Å². The van der Waals surface area contributed by atoms with Gasteiger partial charge in [-0.1, -0.05) is 30.3 Å². The highest BCUT2D eigenvalue weighted by atomic mass is 16.2. The molecule has 0 unspecified atom stereocenters. The number of amides is 2. The first-order valence-corrected chi connectivity index (χ1v) is 9.62. The lowest BCUT2D eigenvalue weighted by molar-refractivity contribution is -0.127. The van der Waals surface area contributed by atoms with E-state index in [0.29, 0.717) is 19.5 Å². The monoisotopic (exact) mass is 367 g/mol. The Hall–Kier alpha value is -2.70. The van der Waals surface area contributed by atoms with Crippen LogP contribution >= 0.6 is 0 Å². The van der Waals surface area contributed by atoms with Crippen molar-refractivity contribution >= 4 is 11.8 Å². The maximum Gasteiger partial charge on any atom is 0.291 e. The third kappa shape index (κ3) is 3.86. The Balaban J connectivity index is 1.28. The van der Waals surface area contributed by atoms with E-state index in [-0.39, 0.29) is 23.1 Å². The van der Waals surface area contributed by atoms with E-state index in [1.807, 2.05) is 15.9 Å². The number of likely N-dealkylation sites (tertiary alicyclic amines) is 2. The van der Waals surface area contributed by atoms with Crippen LogP contribution in [0.15, 0.2) is 36.7 Å². The number of benzene rings is 1. The van der Waals surface area contributed by atoms with Crippen molar-refractivity contribution in [3.05, 3.63) is 48.0 Å². The maximum atomic E-state index is 12.5. The van der Waals surface area contributed by atoms with E-state index in [2.05, 4.69) is 39.4 Å². The average molecular weight is 367 g/mol. The van der Waals surface area contributed by atoms with Gasteiger partial charge >= 0.3 is 0 Å². The van der Waals surface area contributed by atoms with Crippen LogP contribution in [0.25, 0.3) is 0 Å². The SMILES string of the molecule is O=C1CC2(CCN(C(=O)c3ncn[nH]3)CC2)CN1CCCc1ccccc1. The van der Waals surface area contributed by atoms with Crippen molar-refractivity contribution in [3.63, 3.8) is 0 Å². The summed E-state index contributed by atoms with van der Waals surface area (Å²) in [6, 6.07) is 10.4. The van der Waals surface area contributed by atoms with Gasteiger partial charge in [0, 0.05) is 38.0 Å². The Bertz CT molecular complexity index is 782. The molecule has 0 radical (unpaired) electrons. The Morgan fingerprint density at radius 1 is 1.19 bits per heavy atom. The Labute approximate surface area is 158 Å². The van der Waals surface area contributed by atoms with Gasteiger partial charge in [0.25, 0.3) is 5.91 Å². The molecule has 27 heavy (non-hydrogen) atoms. The third-order valence-electron chi connectivity index (χ3n) is 5.87. The number of carbonyl (C=O) groups excluding carboxylic acids is 2. The summed E-state index contributed by atoms with van der Waals surface area (Å²) in [5.41, 5.74) is 1.35. The van der Waals surface area contributed by atoms with E-state index < -0.39 is 0 Å². The number of carbonyl (C=O) groups is 2. The Kier molecular flexibility index (Phi) is 4.92. The van der Waals surface area contributed by atoms with E-state index >= 15 is 0 Å². The van der Waals surface area contributed by atoms with E-state index in [1.165, 1.54) is 11.9 Å². The van der Waals surface area contributed by atoms with Crippen LogP contribution in [0, 0.1) is 5.41 Å². The van der Waals surface area contributed by atoms with Gasteiger partial charge in [-0.05, 0) is 31.2 Å². The molecule has 3 heterocycles. The quantitative estimate of drug-likeness (QED) is 0.875. The molecule has 1 aromatic carbocycles. The molecule has 2 aliphatic heterocycles. The van der Waals surface area contributed by atoms with Crippen molar-refractivity contribution in [2.45, 2.75) is 32.1 Å². The number of rotatable bonds is 5. The minimum atomic E-state index is -0.105. The van der Waals surface area contributed by atoms with Gasteiger partial charge in [0.1, 0.15) is 6.33 Å². The molecular weight excluding hydrogens is 342 g/mol. The molecule has 7 heteroatoms. The molecule has 0 saturated carbocycles. The molecular formula is C20H25N5O2. The van der Waals surface area contributed by atoms with E-state index in [4.69, 9.17) is 0 Å². The lowest BCUT2D eigenvalue weighted by atomic mass is 9.77. The molecule has 2 fully saturated rings. The zero-order chi connectivity index (χ0) is 18.7. The Morgan fingerprint density at radius 2 is 1.96 bits per heavy atom. The van der Waals surface area contributed by atoms with E-state index in [9.17, 15) is 9.59 Å². The number of hydrogen-bond acceptors (Lipinski definition) is 4. The number of nitrogens with zero attached hydrogens (tertiary/aromatic N) is 4. The minimum Gasteiger partial charge on any atom is -0.342 e. The zero-order valence-corrected chi connectivity index (χ0v) is 15.4. The number of aromatic amines is 1. The van der Waals surface area contributed by atoms with Crippen LogP contribution in [0.4, 0.5) is 0 Å². The van der Waals surface area contributed by atoms with Crippen molar-refractivity contribution in [1.82, 2.24) is 25.0 Å². The first-order chi connectivity index (χ1) is 13.2. The molecule has 2 aliphatic rings. The highest BCUT2D eigenvalue weighted by molar-refractivity contribution is 5.90. The van der Waals surface area contributed by atoms with Crippen LogP contribution in [0.2, 0.25) is 0 Å². The summed E-state index contributed by atoms with van der Waals surface area (Å²) in [6.07, 6.45) is 5.69. The second kappa shape index (κ2) is 7.50. The normalized spacial score (nSPS) is 19.0. The second-order valence-electron chi connectivity index (χ2n) is 7.71. The highest BCUT2D eigenvalue weighted by Gasteiger charge is 2.45. The summed E-state index contributed by atoms with van der Waals surface area (Å²) in [5.74, 6) is 0.445. The summed E-state index contributed by atoms with van der Waals surface area (Å²) in [6.45, 7) is 2.98. The predicted octanol–water partition coefficient (Wildman–Crippen LogP) is 1.89. The van der Waals surface area contributed by atoms with Crippen LogP contribution in [-0.2, 0) is 11.2 Å². The fourth-order valence-electron chi connectivity index (χ4n) is 4.28. The number of aryl methyl sites for hydroxylation is 1. The molecule has 1 spiro atoms. The van der Waals surface area contributed by atoms with Crippen molar-refractivity contribution in [2.75, 3.05) is 26.2 Å². The third-order valence-corrected chi connectivity index (χ3v) is 5.87. The fourth-order valence-corrected chi connectivity index (χ4v) is 4.28. The van der Waals surface area contributed by atoms with E-state index in [0.717, 1.165) is 38.8 Å². The average Bonchev–Trinajstić information content (AvgIpc) is 3.32. The minimum absolute atomic E-state index is 0.0298. The van der Waals surface area contributed by atoms with Gasteiger partial charge in [-0.25, -0.2) is 4.98 Å². The molecule has 1 aromatic heterocycles. The first kappa shape index (κ1) is 17.7. The number of hydrogen-bond donors (Lipinski definition) is 1. The summed E-state index contributed by atoms with van der Waals surface area (Å²) < 4.78 is 0. The van der Waals surface area contributed by atoms with Gasteiger partial charge in [0.05, 0.1) is 0 Å². The number of nitrogens with one attached hydrogen (secondary N) is 1. The van der Waals surface area contributed by atoms with E-state index in [1.54, 1.807) is 0 Å². The van der Waals surface area contributed by atoms with Crippen LogP contribution in [0.3, 0.4) is 0 Å². The van der Waals surface area contributed by atoms with Gasteiger partial charge < -0.3 is 9.80 Å². The second-order valence-corrected chi connectivity index (χ2v) is 7.71. The lowest BCUT2D eigenvalue weighted by Gasteiger charge is -2.38. The summed E-state index contributed by atoms with van der Waals surface area (Å²) in [4.78, 5) is 32.7. The van der Waals surface area contributed by atoms with Gasteiger partial charge in [0.2, 0.25) is 11.7 Å². The van der Waals surface area contributed by atoms with Crippen LogP contribution in [-0.4, -0.2) is 63.0 Å². The predicted molar refractivity (Wildman–Crippen MR) is 99.9 cm³/mol. The standard InChI is InChI=1S/C20H25N5O2/c26-17-13-20(14-25(17)10-4-7-16-5-2-1-3-6-16)8-11-24(12-9-20)19(27)18-21-15-22-23-18/h1-3,5-6,15H,4,7-14H2,(H,21,22,23). The van der Waals surface area contributed by atoms with Crippen molar-refractivity contribution in [3.8, 4) is 0 Å². The fraction of sp³-hybridized carbons (Fsp3) is 0.500. The van der Waals surface area contributed by atoms with Crippen LogP contribution in [0.5, 0.6) is 0 Å². The molecule has 0 atom stereocenters. The van der Waals surface area contributed by atoms with Crippen LogP contribution < -0.4 is 0 Å². The summed E-state index contributed by atoms with van der Waals surface area (Å²) in [7, 11) is 0. The number of aromatic nitrogens is 3. The van der Waals surface area contributed by atoms with Gasteiger partial charge in [-0.15, -0.1) is 0 Å². The number of H-pyrrole nitrogens is 1. The maximum absolute atomic E-state index is 12.5. The molecule has 0 bridgehead atoms. The molecule has 7 nitrogen and oxygen atoms in total. The van der Waals surface area contributed by atoms with Crippen molar-refractivity contribution < 1.29 is 9.59 Å². The Morgan fingerprint density at radius 3 is 2.67 bits per heavy atom. The van der Waals surface area contributed by atoms with Crippen LogP contribution in [0.1, 0.15) is 41.9 Å². The van der Waals surface area contributed by atoms with Gasteiger partial charge in [0.15, 0.2) is 0 Å². The zero-order valence-electron chi connectivity index (χ0n) is 15.4. The molecule has 1 N–H and O–H groups in total. The largest absolute Gasteiger partial charge is 0.342 e. The highest BCUT2D eigenvalue weighted by Crippen LogP contribution is 2.41. The molecule has 142 valence electrons. The smallest absolute Gasteiger partial charge is 0.291 e. The van der Waals surface area contributed by atoms with Gasteiger partial charge in [-0.3, -0.25) is 14.7 Å². The number of piperidine rings is 1. The summed E-state index contributed by atoms with van der Waals surface area (Å²) >= 11 is 0. The first-order valence-electron chi connectivity index (χ1n) is 9.62. The molecule has 0 aliphatic carbocycles.